The number of hydrogen-bond acceptors (Lipinski definition) is 5. The Labute approximate surface area is 185 Å². The predicted octanol–water partition coefficient (Wildman–Crippen LogP) is 3.95. The molecule has 0 aromatic heterocycles. The topological polar surface area (TPSA) is 62.2 Å². The molecule has 6 nitrogen and oxygen atoms in total. The van der Waals surface area contributed by atoms with Gasteiger partial charge in [0, 0.05) is 25.7 Å². The molecule has 2 aliphatic rings. The summed E-state index contributed by atoms with van der Waals surface area (Å²) in [6.07, 6.45) is 5.63. The summed E-state index contributed by atoms with van der Waals surface area (Å²) in [4.78, 5) is 33.9. The third-order valence-corrected chi connectivity index (χ3v) is 6.03. The number of morpholine rings is 1. The molecule has 2 aromatic rings. The molecule has 0 radical (unpaired) electrons. The SMILES string of the molecule is CN1C(=O)/C(=C\C=C\c2ccccc2)SC1=Nc1cccc(C(=O)N2CCOCC2)c1. The first-order valence-corrected chi connectivity index (χ1v) is 10.9. The van der Waals surface area contributed by atoms with Gasteiger partial charge >= 0.3 is 0 Å². The van der Waals surface area contributed by atoms with Crippen LogP contribution < -0.4 is 0 Å². The summed E-state index contributed by atoms with van der Waals surface area (Å²) in [5, 5.41) is 0.584. The van der Waals surface area contributed by atoms with Crippen LogP contribution in [-0.2, 0) is 9.53 Å². The Hall–Kier alpha value is -3.16. The van der Waals surface area contributed by atoms with Crippen LogP contribution in [0.5, 0.6) is 0 Å². The summed E-state index contributed by atoms with van der Waals surface area (Å²) in [6.45, 7) is 2.31. The molecule has 0 N–H and O–H groups in total. The highest BCUT2D eigenvalue weighted by Gasteiger charge is 2.30. The van der Waals surface area contributed by atoms with Gasteiger partial charge < -0.3 is 9.64 Å². The number of carbonyl (C=O) groups excluding carboxylic acids is 2. The lowest BCUT2D eigenvalue weighted by Crippen LogP contribution is -2.40. The monoisotopic (exact) mass is 433 g/mol. The Morgan fingerprint density at radius 2 is 1.87 bits per heavy atom. The standard InChI is InChI=1S/C24H23N3O3S/c1-26-23(29)21(12-5-9-18-7-3-2-4-8-18)31-24(26)25-20-11-6-10-19(17-20)22(28)27-13-15-30-16-14-27/h2-12,17H,13-16H2,1H3/b9-5+,21-12+,25-24?. The van der Waals surface area contributed by atoms with Crippen molar-refractivity contribution >= 4 is 40.5 Å². The van der Waals surface area contributed by atoms with Gasteiger partial charge in [0.2, 0.25) is 0 Å². The van der Waals surface area contributed by atoms with E-state index in [1.54, 1.807) is 30.2 Å². The highest BCUT2D eigenvalue weighted by atomic mass is 32.2. The van der Waals surface area contributed by atoms with E-state index in [1.165, 1.54) is 16.7 Å². The van der Waals surface area contributed by atoms with Crippen LogP contribution in [0.15, 0.2) is 76.6 Å². The van der Waals surface area contributed by atoms with E-state index in [0.717, 1.165) is 5.56 Å². The van der Waals surface area contributed by atoms with Gasteiger partial charge in [-0.15, -0.1) is 0 Å². The lowest BCUT2D eigenvalue weighted by atomic mass is 10.1. The lowest BCUT2D eigenvalue weighted by molar-refractivity contribution is -0.121. The van der Waals surface area contributed by atoms with Crippen LogP contribution in [0.4, 0.5) is 5.69 Å². The normalized spacial score (nSPS) is 19.7. The number of rotatable bonds is 4. The van der Waals surface area contributed by atoms with Crippen LogP contribution in [-0.4, -0.2) is 60.1 Å². The highest BCUT2D eigenvalue weighted by molar-refractivity contribution is 8.18. The summed E-state index contributed by atoms with van der Waals surface area (Å²) in [5.74, 6) is -0.123. The quantitative estimate of drug-likeness (QED) is 0.685. The van der Waals surface area contributed by atoms with E-state index < -0.39 is 0 Å². The molecule has 0 saturated carbocycles. The second-order valence-corrected chi connectivity index (χ2v) is 8.13. The number of allylic oxidation sites excluding steroid dienone is 2. The van der Waals surface area contributed by atoms with Crippen molar-refractivity contribution in [3.05, 3.63) is 82.8 Å². The van der Waals surface area contributed by atoms with Gasteiger partial charge in [-0.25, -0.2) is 4.99 Å². The molecule has 0 unspecified atom stereocenters. The molecule has 158 valence electrons. The van der Waals surface area contributed by atoms with Gasteiger partial charge in [-0.2, -0.15) is 0 Å². The molecule has 0 bridgehead atoms. The number of amides is 2. The molecule has 2 aromatic carbocycles. The number of aliphatic imine (C=N–C) groups is 1. The molecule has 0 spiro atoms. The minimum Gasteiger partial charge on any atom is -0.378 e. The number of benzene rings is 2. The Morgan fingerprint density at radius 3 is 2.65 bits per heavy atom. The molecule has 2 amide bonds. The zero-order valence-corrected chi connectivity index (χ0v) is 18.0. The number of ether oxygens (including phenoxy) is 1. The average molecular weight is 434 g/mol. The van der Waals surface area contributed by atoms with Crippen LogP contribution in [0.1, 0.15) is 15.9 Å². The van der Waals surface area contributed by atoms with Crippen molar-refractivity contribution in [3.63, 3.8) is 0 Å². The molecule has 2 heterocycles. The van der Waals surface area contributed by atoms with Crippen LogP contribution >= 0.6 is 11.8 Å². The smallest absolute Gasteiger partial charge is 0.266 e. The Bertz CT molecular complexity index is 1060. The van der Waals surface area contributed by atoms with E-state index in [2.05, 4.69) is 4.99 Å². The zero-order chi connectivity index (χ0) is 21.6. The number of likely N-dealkylation sites (N-methyl/N-ethyl adjacent to an activating group) is 1. The van der Waals surface area contributed by atoms with Crippen molar-refractivity contribution in [2.75, 3.05) is 33.4 Å². The van der Waals surface area contributed by atoms with Crippen molar-refractivity contribution in [2.24, 2.45) is 4.99 Å². The zero-order valence-electron chi connectivity index (χ0n) is 17.2. The molecular formula is C24H23N3O3S. The van der Waals surface area contributed by atoms with E-state index in [4.69, 9.17) is 4.74 Å². The van der Waals surface area contributed by atoms with Gasteiger partial charge in [-0.05, 0) is 41.6 Å². The summed E-state index contributed by atoms with van der Waals surface area (Å²) >= 11 is 1.32. The minimum absolute atomic E-state index is 0.0273. The number of hydrogen-bond donors (Lipinski definition) is 0. The van der Waals surface area contributed by atoms with Gasteiger partial charge in [0.1, 0.15) is 0 Å². The van der Waals surface area contributed by atoms with Crippen molar-refractivity contribution in [3.8, 4) is 0 Å². The summed E-state index contributed by atoms with van der Waals surface area (Å²) in [5.41, 5.74) is 2.29. The van der Waals surface area contributed by atoms with Gasteiger partial charge in [0.25, 0.3) is 11.8 Å². The second kappa shape index (κ2) is 9.76. The van der Waals surface area contributed by atoms with Crippen LogP contribution in [0.25, 0.3) is 6.08 Å². The number of thioether (sulfide) groups is 1. The maximum Gasteiger partial charge on any atom is 0.266 e. The highest BCUT2D eigenvalue weighted by Crippen LogP contribution is 2.32. The minimum atomic E-state index is -0.0954. The lowest BCUT2D eigenvalue weighted by Gasteiger charge is -2.26. The van der Waals surface area contributed by atoms with E-state index in [1.807, 2.05) is 54.6 Å². The fourth-order valence-electron chi connectivity index (χ4n) is 3.24. The molecule has 4 rings (SSSR count). The van der Waals surface area contributed by atoms with Crippen LogP contribution in [0.2, 0.25) is 0 Å². The number of nitrogens with zero attached hydrogens (tertiary/aromatic N) is 3. The van der Waals surface area contributed by atoms with E-state index in [0.29, 0.717) is 47.6 Å². The molecule has 31 heavy (non-hydrogen) atoms. The number of carbonyl (C=O) groups is 2. The van der Waals surface area contributed by atoms with Gasteiger partial charge in [0.05, 0.1) is 23.8 Å². The molecule has 7 heteroatoms. The van der Waals surface area contributed by atoms with Gasteiger partial charge in [-0.1, -0.05) is 48.6 Å². The van der Waals surface area contributed by atoms with E-state index in [9.17, 15) is 9.59 Å². The maximum atomic E-state index is 12.7. The summed E-state index contributed by atoms with van der Waals surface area (Å²) in [6, 6.07) is 17.1. The Balaban J connectivity index is 1.49. The molecule has 0 aliphatic carbocycles. The first kappa shape index (κ1) is 21.1. The summed E-state index contributed by atoms with van der Waals surface area (Å²) < 4.78 is 5.32. The Morgan fingerprint density at radius 1 is 1.10 bits per heavy atom. The molecule has 2 aliphatic heterocycles. The largest absolute Gasteiger partial charge is 0.378 e. The summed E-state index contributed by atoms with van der Waals surface area (Å²) in [7, 11) is 1.71. The molecule has 2 saturated heterocycles. The average Bonchev–Trinajstić information content (AvgIpc) is 3.08. The van der Waals surface area contributed by atoms with Crippen molar-refractivity contribution in [2.45, 2.75) is 0 Å². The fraction of sp³-hybridized carbons (Fsp3) is 0.208. The second-order valence-electron chi connectivity index (χ2n) is 7.12. The van der Waals surface area contributed by atoms with E-state index in [-0.39, 0.29) is 11.8 Å². The fourth-order valence-corrected chi connectivity index (χ4v) is 4.18. The first-order chi connectivity index (χ1) is 15.1. The van der Waals surface area contributed by atoms with Gasteiger partial charge in [-0.3, -0.25) is 14.5 Å². The Kier molecular flexibility index (Phi) is 6.64. The van der Waals surface area contributed by atoms with Crippen molar-refractivity contribution < 1.29 is 14.3 Å². The van der Waals surface area contributed by atoms with Crippen LogP contribution in [0, 0.1) is 0 Å². The third kappa shape index (κ3) is 5.13. The van der Waals surface area contributed by atoms with Crippen LogP contribution in [0.3, 0.4) is 0 Å². The maximum absolute atomic E-state index is 12.7. The number of amidine groups is 1. The first-order valence-electron chi connectivity index (χ1n) is 10.1. The molecule has 2 fully saturated rings. The van der Waals surface area contributed by atoms with Crippen molar-refractivity contribution in [1.82, 2.24) is 9.80 Å². The van der Waals surface area contributed by atoms with E-state index >= 15 is 0 Å². The van der Waals surface area contributed by atoms with Gasteiger partial charge in [0.15, 0.2) is 5.17 Å². The van der Waals surface area contributed by atoms with Crippen molar-refractivity contribution in [1.29, 1.82) is 0 Å². The molecule has 0 atom stereocenters. The molecular weight excluding hydrogens is 410 g/mol. The predicted molar refractivity (Wildman–Crippen MR) is 124 cm³/mol. The third-order valence-electron chi connectivity index (χ3n) is 4.96.